The molecule has 116 valence electrons. The fourth-order valence-electron chi connectivity index (χ4n) is 1.90. The highest BCUT2D eigenvalue weighted by molar-refractivity contribution is 5.27. The normalized spacial score (nSPS) is 12.3. The Bertz CT molecular complexity index is 601. The lowest BCUT2D eigenvalue weighted by atomic mass is 10.1. The summed E-state index contributed by atoms with van der Waals surface area (Å²) in [6.07, 6.45) is -2.78. The zero-order valence-electron chi connectivity index (χ0n) is 12.1. The summed E-state index contributed by atoms with van der Waals surface area (Å²) in [6, 6.07) is 2.70. The summed E-state index contributed by atoms with van der Waals surface area (Å²) in [6.45, 7) is 4.64. The van der Waals surface area contributed by atoms with Crippen LogP contribution in [0.25, 0.3) is 5.82 Å². The van der Waals surface area contributed by atoms with Crippen molar-refractivity contribution in [1.82, 2.24) is 19.6 Å². The summed E-state index contributed by atoms with van der Waals surface area (Å²) in [5, 5.41) is 7.88. The van der Waals surface area contributed by atoms with Gasteiger partial charge in [0, 0.05) is 25.1 Å². The van der Waals surface area contributed by atoms with Gasteiger partial charge >= 0.3 is 6.18 Å². The van der Waals surface area contributed by atoms with Crippen molar-refractivity contribution in [1.29, 1.82) is 0 Å². The topological polar surface area (TPSA) is 44.9 Å². The van der Waals surface area contributed by atoms with Crippen molar-refractivity contribution in [2.24, 2.45) is 0 Å². The van der Waals surface area contributed by atoms with Crippen molar-refractivity contribution < 1.29 is 17.9 Å². The molecule has 2 aromatic heterocycles. The Morgan fingerprint density at radius 3 is 2.57 bits per heavy atom. The molecule has 0 radical (unpaired) electrons. The maximum Gasteiger partial charge on any atom is 0.435 e. The third-order valence-electron chi connectivity index (χ3n) is 2.99. The van der Waals surface area contributed by atoms with Crippen LogP contribution in [0.15, 0.2) is 18.3 Å². The molecule has 0 aromatic carbocycles. The second-order valence-corrected chi connectivity index (χ2v) is 4.95. The monoisotopic (exact) mass is 302 g/mol. The SMILES string of the molecule is COCCn1ccc(-n2nc(C(F)(F)F)cc2C(C)C)n1. The minimum atomic E-state index is -4.46. The number of nitrogens with zero attached hydrogens (tertiary/aromatic N) is 4. The van der Waals surface area contributed by atoms with Gasteiger partial charge in [0.15, 0.2) is 11.5 Å². The first kappa shape index (κ1) is 15.6. The quantitative estimate of drug-likeness (QED) is 0.853. The highest BCUT2D eigenvalue weighted by Gasteiger charge is 2.35. The van der Waals surface area contributed by atoms with Gasteiger partial charge in [0.05, 0.1) is 13.2 Å². The molecule has 0 aliphatic rings. The number of methoxy groups -OCH3 is 1. The van der Waals surface area contributed by atoms with Crippen molar-refractivity contribution in [3.63, 3.8) is 0 Å². The maximum atomic E-state index is 12.8. The summed E-state index contributed by atoms with van der Waals surface area (Å²) in [5.41, 5.74) is -0.433. The van der Waals surface area contributed by atoms with Crippen molar-refractivity contribution >= 4 is 0 Å². The van der Waals surface area contributed by atoms with Gasteiger partial charge in [0.1, 0.15) is 0 Å². The molecule has 2 aromatic rings. The first-order valence-corrected chi connectivity index (χ1v) is 6.53. The van der Waals surface area contributed by atoms with Crippen LogP contribution in [-0.4, -0.2) is 33.3 Å². The number of alkyl halides is 3. The first-order valence-electron chi connectivity index (χ1n) is 6.53. The highest BCUT2D eigenvalue weighted by Crippen LogP contribution is 2.31. The Balaban J connectivity index is 2.38. The van der Waals surface area contributed by atoms with E-state index in [1.165, 1.54) is 4.68 Å². The van der Waals surface area contributed by atoms with E-state index >= 15 is 0 Å². The van der Waals surface area contributed by atoms with Crippen LogP contribution in [-0.2, 0) is 17.5 Å². The van der Waals surface area contributed by atoms with Crippen molar-refractivity contribution in [3.8, 4) is 5.82 Å². The van der Waals surface area contributed by atoms with Crippen molar-refractivity contribution in [2.45, 2.75) is 32.5 Å². The molecule has 0 aliphatic heterocycles. The van der Waals surface area contributed by atoms with E-state index in [1.807, 2.05) is 13.8 Å². The molecule has 0 amide bonds. The summed E-state index contributed by atoms with van der Waals surface area (Å²) in [7, 11) is 1.57. The van der Waals surface area contributed by atoms with Gasteiger partial charge in [-0.3, -0.25) is 4.68 Å². The highest BCUT2D eigenvalue weighted by atomic mass is 19.4. The van der Waals surface area contributed by atoms with E-state index in [9.17, 15) is 13.2 Å². The molecule has 21 heavy (non-hydrogen) atoms. The van der Waals surface area contributed by atoms with Crippen molar-refractivity contribution in [3.05, 3.63) is 29.7 Å². The van der Waals surface area contributed by atoms with Gasteiger partial charge in [-0.05, 0) is 12.0 Å². The van der Waals surface area contributed by atoms with Crippen LogP contribution in [0.1, 0.15) is 31.2 Å². The van der Waals surface area contributed by atoms with E-state index < -0.39 is 11.9 Å². The first-order chi connectivity index (χ1) is 9.82. The Morgan fingerprint density at radius 1 is 1.29 bits per heavy atom. The van der Waals surface area contributed by atoms with E-state index in [4.69, 9.17) is 4.74 Å². The zero-order valence-corrected chi connectivity index (χ0v) is 12.1. The van der Waals surface area contributed by atoms with Crippen LogP contribution in [0.5, 0.6) is 0 Å². The van der Waals surface area contributed by atoms with Crippen LogP contribution >= 0.6 is 0 Å². The predicted octanol–water partition coefficient (Wildman–Crippen LogP) is 2.86. The van der Waals surface area contributed by atoms with E-state index in [1.54, 1.807) is 24.1 Å². The molecule has 0 saturated heterocycles. The minimum absolute atomic E-state index is 0.0993. The third-order valence-corrected chi connectivity index (χ3v) is 2.99. The molecule has 8 heteroatoms. The Morgan fingerprint density at radius 2 is 2.00 bits per heavy atom. The van der Waals surface area contributed by atoms with Crippen LogP contribution in [0.4, 0.5) is 13.2 Å². The predicted molar refractivity (Wildman–Crippen MR) is 70.3 cm³/mol. The minimum Gasteiger partial charge on any atom is -0.383 e. The fourth-order valence-corrected chi connectivity index (χ4v) is 1.90. The van der Waals surface area contributed by atoms with Gasteiger partial charge in [0.2, 0.25) is 0 Å². The van der Waals surface area contributed by atoms with Crippen LogP contribution in [0.3, 0.4) is 0 Å². The Hall–Kier alpha value is -1.83. The molecule has 0 aliphatic carbocycles. The van der Waals surface area contributed by atoms with E-state index in [-0.39, 0.29) is 5.92 Å². The van der Waals surface area contributed by atoms with Crippen LogP contribution < -0.4 is 0 Å². The molecule has 2 rings (SSSR count). The van der Waals surface area contributed by atoms with Gasteiger partial charge in [-0.1, -0.05) is 13.8 Å². The van der Waals surface area contributed by atoms with Crippen LogP contribution in [0, 0.1) is 0 Å². The molecular weight excluding hydrogens is 285 g/mol. The molecule has 0 unspecified atom stereocenters. The molecule has 0 N–H and O–H groups in total. The number of aromatic nitrogens is 4. The lowest BCUT2D eigenvalue weighted by Crippen LogP contribution is -2.10. The van der Waals surface area contributed by atoms with Gasteiger partial charge in [-0.15, -0.1) is 0 Å². The second-order valence-electron chi connectivity index (χ2n) is 4.95. The zero-order chi connectivity index (χ0) is 15.6. The lowest BCUT2D eigenvalue weighted by Gasteiger charge is -2.07. The standard InChI is InChI=1S/C13H17F3N4O/c1-9(2)10-8-11(13(14,15)16)17-20(10)12-4-5-19(18-12)6-7-21-3/h4-5,8-9H,6-7H2,1-3H3. The molecule has 2 heterocycles. The maximum absolute atomic E-state index is 12.8. The van der Waals surface area contributed by atoms with Gasteiger partial charge in [-0.2, -0.15) is 23.4 Å². The molecule has 0 bridgehead atoms. The van der Waals surface area contributed by atoms with Gasteiger partial charge in [0.25, 0.3) is 0 Å². The summed E-state index contributed by atoms with van der Waals surface area (Å²) < 4.78 is 46.2. The number of hydrogen-bond donors (Lipinski definition) is 0. The summed E-state index contributed by atoms with van der Waals surface area (Å²) in [5.74, 6) is 0.267. The number of ether oxygens (including phenoxy) is 1. The van der Waals surface area contributed by atoms with Crippen LogP contribution in [0.2, 0.25) is 0 Å². The third kappa shape index (κ3) is 3.44. The summed E-state index contributed by atoms with van der Waals surface area (Å²) >= 11 is 0. The molecular formula is C13H17F3N4O. The van der Waals surface area contributed by atoms with Gasteiger partial charge < -0.3 is 4.74 Å². The molecule has 0 fully saturated rings. The Labute approximate surface area is 120 Å². The lowest BCUT2D eigenvalue weighted by molar-refractivity contribution is -0.141. The molecule has 0 atom stereocenters. The number of hydrogen-bond acceptors (Lipinski definition) is 3. The van der Waals surface area contributed by atoms with Gasteiger partial charge in [-0.25, -0.2) is 4.68 Å². The Kier molecular flexibility index (Phi) is 4.36. The van der Waals surface area contributed by atoms with Crippen molar-refractivity contribution in [2.75, 3.05) is 13.7 Å². The average molecular weight is 302 g/mol. The van der Waals surface area contributed by atoms with E-state index in [2.05, 4.69) is 10.2 Å². The summed E-state index contributed by atoms with van der Waals surface area (Å²) in [4.78, 5) is 0. The number of halogens is 3. The molecule has 5 nitrogen and oxygen atoms in total. The molecule has 0 saturated carbocycles. The largest absolute Gasteiger partial charge is 0.435 e. The average Bonchev–Trinajstić information content (AvgIpc) is 3.01. The van der Waals surface area contributed by atoms with E-state index in [0.717, 1.165) is 6.07 Å². The van der Waals surface area contributed by atoms with E-state index in [0.29, 0.717) is 24.7 Å². The smallest absolute Gasteiger partial charge is 0.383 e. The second kappa shape index (κ2) is 5.88. The molecule has 0 spiro atoms. The number of rotatable bonds is 5. The fraction of sp³-hybridized carbons (Fsp3) is 0.538.